The third-order valence-electron chi connectivity index (χ3n) is 7.11. The SMILES string of the molecule is CC(C)CN(Cc1cc(Cl)c2c(c1)OCCCO2)C(=O)C1CCN(Cc2cccc3c2CCN3)C1. The van der Waals surface area contributed by atoms with E-state index in [1.54, 1.807) is 0 Å². The minimum Gasteiger partial charge on any atom is -0.489 e. The lowest BCUT2D eigenvalue weighted by atomic mass is 10.0. The van der Waals surface area contributed by atoms with E-state index in [2.05, 4.69) is 42.3 Å². The van der Waals surface area contributed by atoms with Crippen molar-refractivity contribution in [2.45, 2.75) is 46.2 Å². The molecule has 2 aromatic rings. The van der Waals surface area contributed by atoms with Gasteiger partial charge in [0.2, 0.25) is 5.91 Å². The Morgan fingerprint density at radius 1 is 1.26 bits per heavy atom. The Morgan fingerprint density at radius 3 is 2.97 bits per heavy atom. The molecule has 1 saturated heterocycles. The number of ether oxygens (including phenoxy) is 2. The first kappa shape index (κ1) is 24.3. The quantitative estimate of drug-likeness (QED) is 0.585. The molecule has 0 bridgehead atoms. The number of hydrogen-bond acceptors (Lipinski definition) is 5. The van der Waals surface area contributed by atoms with Gasteiger partial charge in [-0.15, -0.1) is 0 Å². The number of benzene rings is 2. The molecule has 5 rings (SSSR count). The molecule has 188 valence electrons. The van der Waals surface area contributed by atoms with Crippen LogP contribution in [0.15, 0.2) is 30.3 Å². The van der Waals surface area contributed by atoms with Gasteiger partial charge in [-0.2, -0.15) is 0 Å². The minimum atomic E-state index is 0.0273. The van der Waals surface area contributed by atoms with Crippen molar-refractivity contribution in [2.24, 2.45) is 11.8 Å². The fourth-order valence-corrected chi connectivity index (χ4v) is 5.80. The number of rotatable bonds is 7. The van der Waals surface area contributed by atoms with Crippen molar-refractivity contribution in [1.82, 2.24) is 9.80 Å². The monoisotopic (exact) mass is 497 g/mol. The standard InChI is InChI=1S/C28H36ClN3O3/c1-19(2)15-32(16-20-13-24(29)27-26(14-20)34-11-4-12-35-27)28(33)22-8-10-31(18-22)17-21-5-3-6-25-23(21)7-9-30-25/h3,5-6,13-14,19,22,30H,4,7-12,15-18H2,1-2H3. The van der Waals surface area contributed by atoms with Crippen molar-refractivity contribution in [3.05, 3.63) is 52.0 Å². The summed E-state index contributed by atoms with van der Waals surface area (Å²) in [6.07, 6.45) is 2.82. The van der Waals surface area contributed by atoms with Gasteiger partial charge >= 0.3 is 0 Å². The number of carbonyl (C=O) groups is 1. The zero-order valence-corrected chi connectivity index (χ0v) is 21.6. The second kappa shape index (κ2) is 10.7. The van der Waals surface area contributed by atoms with Crippen LogP contribution in [-0.4, -0.2) is 55.1 Å². The van der Waals surface area contributed by atoms with Crippen LogP contribution in [0, 0.1) is 11.8 Å². The molecule has 1 N–H and O–H groups in total. The smallest absolute Gasteiger partial charge is 0.227 e. The van der Waals surface area contributed by atoms with Crippen LogP contribution in [-0.2, 0) is 24.3 Å². The highest BCUT2D eigenvalue weighted by Crippen LogP contribution is 2.38. The lowest BCUT2D eigenvalue weighted by Crippen LogP contribution is -2.39. The predicted molar refractivity (Wildman–Crippen MR) is 139 cm³/mol. The maximum Gasteiger partial charge on any atom is 0.227 e. The molecule has 0 aromatic heterocycles. The molecule has 3 aliphatic rings. The van der Waals surface area contributed by atoms with Crippen LogP contribution in [0.1, 0.15) is 43.4 Å². The highest BCUT2D eigenvalue weighted by Gasteiger charge is 2.32. The van der Waals surface area contributed by atoms with Crippen LogP contribution in [0.4, 0.5) is 5.69 Å². The van der Waals surface area contributed by atoms with Gasteiger partial charge in [0, 0.05) is 44.8 Å². The van der Waals surface area contributed by atoms with Crippen molar-refractivity contribution in [1.29, 1.82) is 0 Å². The lowest BCUT2D eigenvalue weighted by molar-refractivity contribution is -0.136. The summed E-state index contributed by atoms with van der Waals surface area (Å²) in [5.41, 5.74) is 5.08. The average molecular weight is 498 g/mol. The molecule has 2 aromatic carbocycles. The van der Waals surface area contributed by atoms with Crippen molar-refractivity contribution in [3.63, 3.8) is 0 Å². The number of halogens is 1. The Morgan fingerprint density at radius 2 is 2.11 bits per heavy atom. The van der Waals surface area contributed by atoms with E-state index in [4.69, 9.17) is 21.1 Å². The summed E-state index contributed by atoms with van der Waals surface area (Å²) in [7, 11) is 0. The molecule has 3 heterocycles. The molecule has 7 heteroatoms. The van der Waals surface area contributed by atoms with E-state index in [0.717, 1.165) is 57.5 Å². The summed E-state index contributed by atoms with van der Waals surface area (Å²) in [6.45, 7) is 10.5. The average Bonchev–Trinajstić information content (AvgIpc) is 3.43. The van der Waals surface area contributed by atoms with Crippen LogP contribution in [0.2, 0.25) is 5.02 Å². The Hall–Kier alpha value is -2.44. The lowest BCUT2D eigenvalue weighted by Gasteiger charge is -2.28. The molecule has 6 nitrogen and oxygen atoms in total. The number of carbonyl (C=O) groups excluding carboxylic acids is 1. The highest BCUT2D eigenvalue weighted by atomic mass is 35.5. The molecular weight excluding hydrogens is 462 g/mol. The zero-order chi connectivity index (χ0) is 24.4. The molecule has 35 heavy (non-hydrogen) atoms. The molecule has 3 aliphatic heterocycles. The summed E-state index contributed by atoms with van der Waals surface area (Å²) < 4.78 is 11.6. The Labute approximate surface area is 213 Å². The van der Waals surface area contributed by atoms with Crippen molar-refractivity contribution in [2.75, 3.05) is 44.7 Å². The van der Waals surface area contributed by atoms with Crippen LogP contribution in [0.3, 0.4) is 0 Å². The molecule has 0 spiro atoms. The van der Waals surface area contributed by atoms with Gasteiger partial charge in [0.25, 0.3) is 0 Å². The third kappa shape index (κ3) is 5.54. The predicted octanol–water partition coefficient (Wildman–Crippen LogP) is 4.98. The van der Waals surface area contributed by atoms with Crippen LogP contribution in [0.25, 0.3) is 0 Å². The van der Waals surface area contributed by atoms with Gasteiger partial charge < -0.3 is 19.7 Å². The topological polar surface area (TPSA) is 54.0 Å². The molecular formula is C28H36ClN3O3. The number of nitrogens with one attached hydrogen (secondary N) is 1. The Balaban J connectivity index is 1.27. The number of anilines is 1. The Kier molecular flexibility index (Phi) is 7.40. The maximum absolute atomic E-state index is 13.7. The van der Waals surface area contributed by atoms with Crippen molar-refractivity contribution >= 4 is 23.2 Å². The van der Waals surface area contributed by atoms with Gasteiger partial charge in [-0.05, 0) is 60.2 Å². The summed E-state index contributed by atoms with van der Waals surface area (Å²) in [5.74, 6) is 1.94. The minimum absolute atomic E-state index is 0.0273. The van der Waals surface area contributed by atoms with Gasteiger partial charge in [0.15, 0.2) is 11.5 Å². The largest absolute Gasteiger partial charge is 0.489 e. The van der Waals surface area contributed by atoms with E-state index in [1.165, 1.54) is 16.8 Å². The number of hydrogen-bond donors (Lipinski definition) is 1. The number of amides is 1. The van der Waals surface area contributed by atoms with Gasteiger partial charge in [0.05, 0.1) is 24.2 Å². The first-order valence-corrected chi connectivity index (χ1v) is 13.3. The van der Waals surface area contributed by atoms with Gasteiger partial charge in [-0.3, -0.25) is 9.69 Å². The van der Waals surface area contributed by atoms with E-state index < -0.39 is 0 Å². The summed E-state index contributed by atoms with van der Waals surface area (Å²) in [5, 5.41) is 4.02. The molecule has 0 saturated carbocycles. The van der Waals surface area contributed by atoms with Crippen molar-refractivity contribution < 1.29 is 14.3 Å². The summed E-state index contributed by atoms with van der Waals surface area (Å²) in [4.78, 5) is 18.2. The van der Waals surface area contributed by atoms with E-state index >= 15 is 0 Å². The second-order valence-electron chi connectivity index (χ2n) is 10.4. The van der Waals surface area contributed by atoms with Crippen LogP contribution < -0.4 is 14.8 Å². The molecule has 1 amide bonds. The molecule has 0 radical (unpaired) electrons. The zero-order valence-electron chi connectivity index (χ0n) is 20.8. The number of nitrogens with zero attached hydrogens (tertiary/aromatic N) is 2. The fourth-order valence-electron chi connectivity index (χ4n) is 5.51. The summed E-state index contributed by atoms with van der Waals surface area (Å²) >= 11 is 6.53. The second-order valence-corrected chi connectivity index (χ2v) is 10.8. The van der Waals surface area contributed by atoms with Gasteiger partial charge in [-0.1, -0.05) is 37.6 Å². The fraction of sp³-hybridized carbons (Fsp3) is 0.536. The first-order valence-electron chi connectivity index (χ1n) is 12.9. The number of likely N-dealkylation sites (tertiary alicyclic amines) is 1. The van der Waals surface area contributed by atoms with E-state index in [9.17, 15) is 4.79 Å². The molecule has 1 unspecified atom stereocenters. The van der Waals surface area contributed by atoms with E-state index in [-0.39, 0.29) is 11.8 Å². The van der Waals surface area contributed by atoms with Gasteiger partial charge in [0.1, 0.15) is 0 Å². The molecule has 0 aliphatic carbocycles. The number of fused-ring (bicyclic) bond motifs is 2. The van der Waals surface area contributed by atoms with Gasteiger partial charge in [-0.25, -0.2) is 0 Å². The first-order chi connectivity index (χ1) is 17.0. The molecule has 1 atom stereocenters. The van der Waals surface area contributed by atoms with E-state index in [0.29, 0.717) is 42.2 Å². The normalized spacial score (nSPS) is 19.4. The third-order valence-corrected chi connectivity index (χ3v) is 7.39. The molecule has 1 fully saturated rings. The van der Waals surface area contributed by atoms with Crippen LogP contribution in [0.5, 0.6) is 11.5 Å². The highest BCUT2D eigenvalue weighted by molar-refractivity contribution is 6.32. The maximum atomic E-state index is 13.7. The van der Waals surface area contributed by atoms with E-state index in [1.807, 2.05) is 17.0 Å². The van der Waals surface area contributed by atoms with Crippen molar-refractivity contribution in [3.8, 4) is 11.5 Å². The van der Waals surface area contributed by atoms with Crippen LogP contribution >= 0.6 is 11.6 Å². The Bertz CT molecular complexity index is 1070. The summed E-state index contributed by atoms with van der Waals surface area (Å²) in [6, 6.07) is 10.4.